The van der Waals surface area contributed by atoms with E-state index in [4.69, 9.17) is 12.2 Å². The predicted molar refractivity (Wildman–Crippen MR) is 105 cm³/mol. The van der Waals surface area contributed by atoms with Crippen LogP contribution in [0.1, 0.15) is 5.82 Å². The topological polar surface area (TPSA) is 81.4 Å². The van der Waals surface area contributed by atoms with E-state index < -0.39 is 5.69 Å². The number of nitrogens with one attached hydrogen (secondary N) is 1. The standard InChI is InChI=1S/C18H14N6OS.Al/c25-18-20-15(12-7-3-1-4-8-12)16(13-9-5-2-6-10-13)23-24(18)11-14-19-17(26)22-21-14;/h1-10H,11H2,(H2,19,20,21,22,23,25,26);/q;+1/p-1. The SMILES string of the molecule is O=c1nc(-c2ccccc2)c(-c2ccccc2)nn1Cc1n[nH]c(=S)[n]1[Al]. The second kappa shape index (κ2) is 7.41. The Hall–Kier alpha value is -2.86. The lowest BCUT2D eigenvalue weighted by molar-refractivity contribution is 0.595. The molecule has 2 aromatic carbocycles. The molecule has 0 aliphatic heterocycles. The number of rotatable bonds is 4. The number of benzene rings is 2. The van der Waals surface area contributed by atoms with Crippen molar-refractivity contribution in [1.82, 2.24) is 28.5 Å². The van der Waals surface area contributed by atoms with Crippen LogP contribution in [0.4, 0.5) is 0 Å². The van der Waals surface area contributed by atoms with Gasteiger partial charge >= 0.3 is 22.2 Å². The summed E-state index contributed by atoms with van der Waals surface area (Å²) in [7, 11) is 0. The highest BCUT2D eigenvalue weighted by Crippen LogP contribution is 2.27. The Morgan fingerprint density at radius 3 is 2.11 bits per heavy atom. The summed E-state index contributed by atoms with van der Waals surface area (Å²) >= 11 is 7.57. The molecule has 130 valence electrons. The van der Waals surface area contributed by atoms with Crippen LogP contribution in [0.25, 0.3) is 22.5 Å². The number of aromatic amines is 1. The summed E-state index contributed by atoms with van der Waals surface area (Å²) in [5.41, 5.74) is 2.44. The molecule has 27 heavy (non-hydrogen) atoms. The second-order valence-electron chi connectivity index (χ2n) is 5.80. The Kier molecular flexibility index (Phi) is 4.81. The van der Waals surface area contributed by atoms with Crippen molar-refractivity contribution in [2.45, 2.75) is 6.54 Å². The molecule has 0 aliphatic rings. The number of hydrogen-bond donors (Lipinski definition) is 1. The molecule has 2 radical (unpaired) electrons. The van der Waals surface area contributed by atoms with Gasteiger partial charge in [0.15, 0.2) is 4.77 Å². The van der Waals surface area contributed by atoms with Crippen LogP contribution in [-0.2, 0) is 6.54 Å². The maximum Gasteiger partial charge on any atom is 0.365 e. The van der Waals surface area contributed by atoms with Gasteiger partial charge in [-0.3, -0.25) is 5.10 Å². The van der Waals surface area contributed by atoms with Gasteiger partial charge < -0.3 is 3.55 Å². The van der Waals surface area contributed by atoms with E-state index in [-0.39, 0.29) is 6.54 Å². The zero-order chi connectivity index (χ0) is 18.8. The molecule has 2 heterocycles. The average molecular weight is 388 g/mol. The zero-order valence-electron chi connectivity index (χ0n) is 14.1. The van der Waals surface area contributed by atoms with Gasteiger partial charge in [-0.25, -0.2) is 9.48 Å². The van der Waals surface area contributed by atoms with Gasteiger partial charge in [0.25, 0.3) is 0 Å². The lowest BCUT2D eigenvalue weighted by Crippen LogP contribution is -2.28. The first kappa shape index (κ1) is 17.6. The first-order valence-corrected chi connectivity index (χ1v) is 9.07. The molecule has 0 unspecified atom stereocenters. The van der Waals surface area contributed by atoms with Crippen molar-refractivity contribution in [3.8, 4) is 22.5 Å². The highest BCUT2D eigenvalue weighted by Gasteiger charge is 2.15. The van der Waals surface area contributed by atoms with Crippen molar-refractivity contribution in [1.29, 1.82) is 0 Å². The van der Waals surface area contributed by atoms with E-state index in [0.717, 1.165) is 11.1 Å². The first-order chi connectivity index (χ1) is 13.1. The van der Waals surface area contributed by atoms with Crippen molar-refractivity contribution in [3.05, 3.63) is 81.7 Å². The van der Waals surface area contributed by atoms with Gasteiger partial charge in [-0.1, -0.05) is 60.7 Å². The largest absolute Gasteiger partial charge is 0.416 e. The molecule has 0 saturated carbocycles. The second-order valence-corrected chi connectivity index (χ2v) is 6.70. The predicted octanol–water partition coefficient (Wildman–Crippen LogP) is 2.21. The third kappa shape index (κ3) is 3.53. The Morgan fingerprint density at radius 2 is 1.56 bits per heavy atom. The van der Waals surface area contributed by atoms with Gasteiger partial charge in [-0.2, -0.15) is 15.2 Å². The smallest absolute Gasteiger partial charge is 0.365 e. The van der Waals surface area contributed by atoms with Crippen LogP contribution < -0.4 is 5.69 Å². The van der Waals surface area contributed by atoms with Gasteiger partial charge in [-0.15, -0.1) is 0 Å². The number of aromatic nitrogens is 6. The zero-order valence-corrected chi connectivity index (χ0v) is 16.1. The van der Waals surface area contributed by atoms with Crippen LogP contribution in [0, 0.1) is 4.77 Å². The molecule has 4 rings (SSSR count). The molecule has 7 nitrogen and oxygen atoms in total. The first-order valence-electron chi connectivity index (χ1n) is 8.15. The minimum Gasteiger partial charge on any atom is -0.416 e. The summed E-state index contributed by atoms with van der Waals surface area (Å²) in [4.78, 5) is 16.9. The van der Waals surface area contributed by atoms with Crippen LogP contribution in [0.2, 0.25) is 0 Å². The maximum atomic E-state index is 12.6. The maximum absolute atomic E-state index is 12.6. The van der Waals surface area contributed by atoms with Crippen molar-refractivity contribution in [2.75, 3.05) is 0 Å². The van der Waals surface area contributed by atoms with E-state index in [1.165, 1.54) is 4.68 Å². The summed E-state index contributed by atoms with van der Waals surface area (Å²) in [6.45, 7) is 0.150. The molecule has 9 heteroatoms. The fourth-order valence-electron chi connectivity index (χ4n) is 2.69. The molecule has 0 amide bonds. The summed E-state index contributed by atoms with van der Waals surface area (Å²) < 4.78 is 3.36. The molecule has 0 bridgehead atoms. The van der Waals surface area contributed by atoms with E-state index >= 15 is 0 Å². The minimum absolute atomic E-state index is 0.150. The molecule has 0 spiro atoms. The van der Waals surface area contributed by atoms with Crippen molar-refractivity contribution >= 4 is 28.7 Å². The Bertz CT molecular complexity index is 1200. The van der Waals surface area contributed by atoms with Gasteiger partial charge in [0.2, 0.25) is 0 Å². The highest BCUT2D eigenvalue weighted by molar-refractivity contribution is 7.71. The fourth-order valence-corrected chi connectivity index (χ4v) is 3.04. The van der Waals surface area contributed by atoms with Gasteiger partial charge in [0, 0.05) is 11.1 Å². The lowest BCUT2D eigenvalue weighted by atomic mass is 10.0. The van der Waals surface area contributed by atoms with E-state index in [2.05, 4.69) is 36.8 Å². The highest BCUT2D eigenvalue weighted by atomic mass is 32.1. The molecule has 2 aromatic heterocycles. The molecule has 0 atom stereocenters. The third-order valence-corrected chi connectivity index (χ3v) is 5.07. The third-order valence-electron chi connectivity index (χ3n) is 4.04. The van der Waals surface area contributed by atoms with Gasteiger partial charge in [0.05, 0.1) is 0 Å². The van der Waals surface area contributed by atoms with E-state index in [1.807, 2.05) is 60.7 Å². The normalized spacial score (nSPS) is 10.8. The van der Waals surface area contributed by atoms with Crippen LogP contribution in [0.3, 0.4) is 0 Å². The average Bonchev–Trinajstić information content (AvgIpc) is 3.02. The summed E-state index contributed by atoms with van der Waals surface area (Å²) in [6, 6.07) is 19.2. The monoisotopic (exact) mass is 388 g/mol. The summed E-state index contributed by atoms with van der Waals surface area (Å²) in [5, 5.41) is 11.4. The van der Waals surface area contributed by atoms with Crippen LogP contribution in [-0.4, -0.2) is 45.0 Å². The van der Waals surface area contributed by atoms with E-state index in [1.54, 1.807) is 3.55 Å². The quantitative estimate of drug-likeness (QED) is 0.428. The molecule has 0 saturated heterocycles. The van der Waals surface area contributed by atoms with Crippen LogP contribution in [0.5, 0.6) is 0 Å². The molecule has 0 fully saturated rings. The Balaban J connectivity index is 1.89. The van der Waals surface area contributed by atoms with E-state index in [0.29, 0.717) is 22.0 Å². The van der Waals surface area contributed by atoms with E-state index in [9.17, 15) is 4.79 Å². The van der Waals surface area contributed by atoms with Gasteiger partial charge in [0.1, 0.15) is 23.8 Å². The Labute approximate surface area is 168 Å². The fraction of sp³-hybridized carbons (Fsp3) is 0.0556. The number of H-pyrrole nitrogens is 1. The van der Waals surface area contributed by atoms with Crippen LogP contribution >= 0.6 is 12.2 Å². The number of hydrogen-bond acceptors (Lipinski definition) is 5. The lowest BCUT2D eigenvalue weighted by Gasteiger charge is -2.11. The van der Waals surface area contributed by atoms with Crippen molar-refractivity contribution in [3.63, 3.8) is 0 Å². The molecule has 1 N–H and O–H groups in total. The van der Waals surface area contributed by atoms with Crippen molar-refractivity contribution in [2.24, 2.45) is 0 Å². The molecule has 0 aliphatic carbocycles. The Morgan fingerprint density at radius 1 is 0.963 bits per heavy atom. The van der Waals surface area contributed by atoms with Crippen molar-refractivity contribution < 1.29 is 0 Å². The molecular formula is C18H13AlN6OS. The summed E-state index contributed by atoms with van der Waals surface area (Å²) in [5.74, 6) is 0.563. The van der Waals surface area contributed by atoms with Crippen LogP contribution in [0.15, 0.2) is 65.5 Å². The number of nitrogens with zero attached hydrogens (tertiary/aromatic N) is 5. The summed E-state index contributed by atoms with van der Waals surface area (Å²) in [6.07, 6.45) is 0. The minimum atomic E-state index is -0.451. The molecular weight excluding hydrogens is 375 g/mol. The van der Waals surface area contributed by atoms with Gasteiger partial charge in [-0.05, 0) is 12.2 Å². The molecule has 4 aromatic rings.